The summed E-state index contributed by atoms with van der Waals surface area (Å²) < 4.78 is 3.75. The van der Waals surface area contributed by atoms with E-state index < -0.39 is 12.1 Å². The van der Waals surface area contributed by atoms with E-state index in [0.29, 0.717) is 57.1 Å². The second-order valence-corrected chi connectivity index (χ2v) is 11.9. The summed E-state index contributed by atoms with van der Waals surface area (Å²) in [6, 6.07) is 9.02. The van der Waals surface area contributed by atoms with Crippen LogP contribution in [0.1, 0.15) is 61.1 Å². The lowest BCUT2D eigenvalue weighted by atomic mass is 9.99. The first kappa shape index (κ1) is 28.1. The van der Waals surface area contributed by atoms with Crippen molar-refractivity contribution in [2.75, 3.05) is 19.6 Å². The number of carbonyl (C=O) groups is 3. The number of aromatic nitrogens is 5. The number of carbonyl (C=O) groups excluding carboxylic acids is 3. The highest BCUT2D eigenvalue weighted by Gasteiger charge is 2.34. The van der Waals surface area contributed by atoms with E-state index in [1.807, 2.05) is 69.0 Å². The first-order valence-corrected chi connectivity index (χ1v) is 15.6. The quantitative estimate of drug-likeness (QED) is 0.392. The normalized spacial score (nSPS) is 20.6. The molecule has 0 unspecified atom stereocenters. The smallest absolute Gasteiger partial charge is 0.243 e. The molecule has 0 saturated carbocycles. The van der Waals surface area contributed by atoms with Crippen LogP contribution in [0.25, 0.3) is 4.96 Å². The number of thiazole rings is 1. The van der Waals surface area contributed by atoms with E-state index in [0.717, 1.165) is 29.1 Å². The van der Waals surface area contributed by atoms with Gasteiger partial charge in [0.25, 0.3) is 0 Å². The first-order valence-electron chi connectivity index (χ1n) is 14.7. The predicted octanol–water partition coefficient (Wildman–Crippen LogP) is 2.94. The number of nitrogens with one attached hydrogen (secondary N) is 1. The Morgan fingerprint density at radius 3 is 2.74 bits per heavy atom. The molecule has 1 saturated heterocycles. The summed E-state index contributed by atoms with van der Waals surface area (Å²) >= 11 is 1.53. The molecular weight excluding hydrogens is 552 g/mol. The van der Waals surface area contributed by atoms with Crippen LogP contribution in [0, 0.1) is 6.92 Å². The number of piperidine rings is 1. The number of rotatable bonds is 4. The van der Waals surface area contributed by atoms with Crippen LogP contribution in [0.4, 0.5) is 0 Å². The maximum Gasteiger partial charge on any atom is 0.243 e. The van der Waals surface area contributed by atoms with Crippen molar-refractivity contribution in [1.29, 1.82) is 0 Å². The van der Waals surface area contributed by atoms with Gasteiger partial charge in [-0.3, -0.25) is 18.8 Å². The number of imidazole rings is 1. The van der Waals surface area contributed by atoms with Crippen molar-refractivity contribution in [3.63, 3.8) is 0 Å². The molecule has 3 amide bonds. The highest BCUT2D eigenvalue weighted by molar-refractivity contribution is 7.15. The number of amides is 3. The third kappa shape index (κ3) is 6.23. The van der Waals surface area contributed by atoms with Gasteiger partial charge in [-0.25, -0.2) is 14.6 Å². The van der Waals surface area contributed by atoms with Crippen molar-refractivity contribution >= 4 is 34.0 Å². The summed E-state index contributed by atoms with van der Waals surface area (Å²) in [5, 5.41) is 9.87. The number of aryl methyl sites for hydroxylation is 1. The number of benzene rings is 1. The number of hydrogen-bond acceptors (Lipinski definition) is 7. The standard InChI is InChI=1S/C30H36N8O3S/c1-21-31-28-24(18-22-8-3-2-4-9-22)33-29(41)25-10-5-6-13-37(25)26(39)11-7-12-35(14-15-38(28)34-21)27(40)19-23-20-36-16-17-42-30(36)32-23/h2-4,8-9,16-17,20,24-25H,5-7,10-15,18-19H2,1H3,(H,33,41)/t24-,25+/m1/s1. The van der Waals surface area contributed by atoms with Gasteiger partial charge in [0, 0.05) is 43.8 Å². The highest BCUT2D eigenvalue weighted by atomic mass is 32.1. The van der Waals surface area contributed by atoms with Crippen LogP contribution >= 0.6 is 11.3 Å². The van der Waals surface area contributed by atoms with Crippen molar-refractivity contribution in [1.82, 2.24) is 39.3 Å². The third-order valence-corrected chi connectivity index (χ3v) is 8.84. The summed E-state index contributed by atoms with van der Waals surface area (Å²) in [4.78, 5) is 54.4. The van der Waals surface area contributed by atoms with Crippen LogP contribution in [0.3, 0.4) is 0 Å². The molecular formula is C30H36N8O3S. The van der Waals surface area contributed by atoms with E-state index in [4.69, 9.17) is 4.98 Å². The molecule has 5 heterocycles. The Morgan fingerprint density at radius 1 is 1.05 bits per heavy atom. The van der Waals surface area contributed by atoms with Gasteiger partial charge in [-0.2, -0.15) is 5.10 Å². The van der Waals surface area contributed by atoms with Crippen LogP contribution < -0.4 is 5.32 Å². The fourth-order valence-electron chi connectivity index (χ4n) is 5.99. The molecule has 2 atom stereocenters. The Kier molecular flexibility index (Phi) is 8.31. The van der Waals surface area contributed by atoms with E-state index >= 15 is 0 Å². The van der Waals surface area contributed by atoms with Gasteiger partial charge in [0.05, 0.1) is 24.7 Å². The van der Waals surface area contributed by atoms with Crippen molar-refractivity contribution in [3.8, 4) is 0 Å². The van der Waals surface area contributed by atoms with Crippen molar-refractivity contribution < 1.29 is 14.4 Å². The monoisotopic (exact) mass is 588 g/mol. The molecule has 0 radical (unpaired) electrons. The molecule has 4 aromatic rings. The van der Waals surface area contributed by atoms with Crippen LogP contribution in [0.2, 0.25) is 0 Å². The van der Waals surface area contributed by atoms with Gasteiger partial charge in [0.2, 0.25) is 17.7 Å². The third-order valence-electron chi connectivity index (χ3n) is 8.07. The Morgan fingerprint density at radius 2 is 1.90 bits per heavy atom. The molecule has 220 valence electrons. The summed E-state index contributed by atoms with van der Waals surface area (Å²) in [5.41, 5.74) is 1.78. The number of hydrogen-bond donors (Lipinski definition) is 1. The van der Waals surface area contributed by atoms with Gasteiger partial charge in [-0.05, 0) is 44.6 Å². The molecule has 1 N–H and O–H groups in total. The topological polar surface area (TPSA) is 118 Å². The zero-order chi connectivity index (χ0) is 29.1. The molecule has 6 rings (SSSR count). The van der Waals surface area contributed by atoms with Crippen LogP contribution in [0.5, 0.6) is 0 Å². The largest absolute Gasteiger partial charge is 0.344 e. The Bertz CT molecular complexity index is 1530. The van der Waals surface area contributed by atoms with E-state index in [2.05, 4.69) is 15.4 Å². The second kappa shape index (κ2) is 12.4. The average Bonchev–Trinajstić information content (AvgIpc) is 3.69. The van der Waals surface area contributed by atoms with Crippen molar-refractivity contribution in [2.24, 2.45) is 0 Å². The Balaban J connectivity index is 1.30. The maximum atomic E-state index is 13.7. The molecule has 1 fully saturated rings. The van der Waals surface area contributed by atoms with E-state index in [1.165, 1.54) is 11.3 Å². The number of fused-ring (bicyclic) bond motifs is 3. The molecule has 1 aromatic carbocycles. The second-order valence-electron chi connectivity index (χ2n) is 11.1. The van der Waals surface area contributed by atoms with Gasteiger partial charge >= 0.3 is 0 Å². The van der Waals surface area contributed by atoms with Gasteiger partial charge in [0.1, 0.15) is 17.7 Å². The fourth-order valence-corrected chi connectivity index (χ4v) is 6.71. The van der Waals surface area contributed by atoms with Crippen LogP contribution in [-0.2, 0) is 33.8 Å². The SMILES string of the molecule is Cc1nc2n(n1)CCN(C(=O)Cc1cn3ccsc3n1)CCCC(=O)N1CCCC[C@H]1C(=O)N[C@@H]2Cc1ccccc1. The molecule has 2 aliphatic rings. The molecule has 3 aromatic heterocycles. The van der Waals surface area contributed by atoms with E-state index in [1.54, 1.807) is 4.90 Å². The van der Waals surface area contributed by atoms with E-state index in [9.17, 15) is 14.4 Å². The molecule has 12 heteroatoms. The Labute approximate surface area is 248 Å². The molecule has 2 aliphatic heterocycles. The lowest BCUT2D eigenvalue weighted by molar-refractivity contribution is -0.143. The predicted molar refractivity (Wildman–Crippen MR) is 158 cm³/mol. The minimum absolute atomic E-state index is 0.0349. The lowest BCUT2D eigenvalue weighted by Crippen LogP contribution is -2.53. The van der Waals surface area contributed by atoms with Crippen LogP contribution in [-0.4, -0.2) is 77.3 Å². The molecule has 11 nitrogen and oxygen atoms in total. The lowest BCUT2D eigenvalue weighted by Gasteiger charge is -2.36. The fraction of sp³-hybridized carbons (Fsp3) is 0.467. The van der Waals surface area contributed by atoms with Gasteiger partial charge in [-0.1, -0.05) is 30.3 Å². The summed E-state index contributed by atoms with van der Waals surface area (Å²) in [6.45, 7) is 3.67. The zero-order valence-electron chi connectivity index (χ0n) is 23.8. The van der Waals surface area contributed by atoms with Gasteiger partial charge < -0.3 is 15.1 Å². The zero-order valence-corrected chi connectivity index (χ0v) is 24.6. The first-order chi connectivity index (χ1) is 20.4. The minimum Gasteiger partial charge on any atom is -0.344 e. The highest BCUT2D eigenvalue weighted by Crippen LogP contribution is 2.23. The van der Waals surface area contributed by atoms with E-state index in [-0.39, 0.29) is 30.6 Å². The van der Waals surface area contributed by atoms with Crippen LogP contribution in [0.15, 0.2) is 48.1 Å². The molecule has 0 spiro atoms. The van der Waals surface area contributed by atoms with Crippen molar-refractivity contribution in [3.05, 3.63) is 71.0 Å². The summed E-state index contributed by atoms with van der Waals surface area (Å²) in [5.74, 6) is 1.03. The summed E-state index contributed by atoms with van der Waals surface area (Å²) in [7, 11) is 0. The maximum absolute atomic E-state index is 13.7. The summed E-state index contributed by atoms with van der Waals surface area (Å²) in [6.07, 6.45) is 7.76. The van der Waals surface area contributed by atoms with Gasteiger partial charge in [-0.15, -0.1) is 11.3 Å². The molecule has 42 heavy (non-hydrogen) atoms. The van der Waals surface area contributed by atoms with Crippen molar-refractivity contribution in [2.45, 2.75) is 70.5 Å². The number of nitrogens with zero attached hydrogens (tertiary/aromatic N) is 7. The molecule has 0 bridgehead atoms. The average molecular weight is 589 g/mol. The Hall–Kier alpha value is -4.06. The van der Waals surface area contributed by atoms with Gasteiger partial charge in [0.15, 0.2) is 4.96 Å². The minimum atomic E-state index is -0.516. The molecule has 0 aliphatic carbocycles.